The Hall–Kier alpha value is -6.00. The fraction of sp³-hybridized carbons (Fsp3) is 0.333. The van der Waals surface area contributed by atoms with Crippen LogP contribution in [0.25, 0.3) is 0 Å². The van der Waals surface area contributed by atoms with Crippen molar-refractivity contribution in [3.63, 3.8) is 0 Å². The molecule has 0 aromatic heterocycles. The Labute approximate surface area is 337 Å². The van der Waals surface area contributed by atoms with E-state index in [1.54, 1.807) is 8.70 Å². The van der Waals surface area contributed by atoms with E-state index in [0.717, 1.165) is 0 Å². The first-order chi connectivity index (χ1) is 27.2. The maximum Gasteiger partial charge on any atom is 0.283 e. The molecule has 0 amide bonds. The van der Waals surface area contributed by atoms with Crippen LogP contribution < -0.4 is 18.9 Å². The van der Waals surface area contributed by atoms with Crippen LogP contribution in [0.1, 0.15) is 39.5 Å². The second-order valence-electron chi connectivity index (χ2n) is 13.2. The Morgan fingerprint density at radius 3 is 0.897 bits per heavy atom. The van der Waals surface area contributed by atoms with E-state index in [1.807, 2.05) is 0 Å². The molecule has 58 heavy (non-hydrogen) atoms. The summed E-state index contributed by atoms with van der Waals surface area (Å²) in [5, 5.41) is 90.2. The summed E-state index contributed by atoms with van der Waals surface area (Å²) in [4.78, 5) is 55.0. The molecule has 2 unspecified atom stereocenters. The molecule has 4 rings (SSSR count). The molecule has 4 aromatic rings. The Morgan fingerprint density at radius 1 is 0.431 bits per heavy atom. The van der Waals surface area contributed by atoms with E-state index in [0.29, 0.717) is 24.3 Å². The Balaban J connectivity index is 0.000000316. The largest absolute Gasteiger partial charge is 0.863 e. The van der Waals surface area contributed by atoms with E-state index in [1.165, 1.54) is 46.5 Å². The predicted molar refractivity (Wildman–Crippen MR) is 216 cm³/mol. The molecule has 22 heteroatoms. The van der Waals surface area contributed by atoms with Crippen LogP contribution in [0.5, 0.6) is 11.5 Å². The standard InChI is InChI=1S/C24H38As2.2C6H3N3O7/c1-5-7-19-25(3,23-15-11-9-12-16-23)21-22-26(4,20-8-6-2)24-17-13-10-14-18-24;2*10-6-4(8(13)14)1-3(7(11)12)2-5(6)9(15)16/h9-18H,5-8,19-22H2,1-4H3;2*1-2,10H/q+2;;/p-2. The van der Waals surface area contributed by atoms with Crippen LogP contribution in [0.15, 0.2) is 84.9 Å². The molecule has 0 saturated heterocycles. The molecule has 20 nitrogen and oxygen atoms in total. The van der Waals surface area contributed by atoms with Crippen LogP contribution in [0.3, 0.4) is 0 Å². The number of rotatable bonds is 17. The zero-order valence-corrected chi connectivity index (χ0v) is 35.8. The van der Waals surface area contributed by atoms with Crippen molar-refractivity contribution >= 4 is 69.9 Å². The molecule has 0 radical (unpaired) electrons. The summed E-state index contributed by atoms with van der Waals surface area (Å²) in [6.45, 7) is 4.69. The van der Waals surface area contributed by atoms with Crippen molar-refractivity contribution in [3.05, 3.63) is 146 Å². The van der Waals surface area contributed by atoms with E-state index < -0.39 is 102 Å². The zero-order chi connectivity index (χ0) is 43.8. The maximum absolute atomic E-state index is 11.1. The minimum atomic E-state index is -1.79. The Bertz CT molecular complexity index is 1890. The Kier molecular flexibility index (Phi) is 18.3. The van der Waals surface area contributed by atoms with Gasteiger partial charge in [0.25, 0.3) is 34.1 Å². The van der Waals surface area contributed by atoms with Crippen LogP contribution in [0.2, 0.25) is 32.3 Å². The predicted octanol–water partition coefficient (Wildman–Crippen LogP) is 7.53. The van der Waals surface area contributed by atoms with Crippen LogP contribution in [-0.2, 0) is 0 Å². The third-order valence-corrected chi connectivity index (χ3v) is 27.8. The maximum atomic E-state index is 11.1. The fourth-order valence-corrected chi connectivity index (χ4v) is 28.3. The van der Waals surface area contributed by atoms with Crippen LogP contribution in [0, 0.1) is 60.7 Å². The molecule has 0 aliphatic carbocycles. The van der Waals surface area contributed by atoms with Gasteiger partial charge in [0, 0.05) is 0 Å². The molecule has 0 spiro atoms. The first-order valence-electron chi connectivity index (χ1n) is 17.6. The van der Waals surface area contributed by atoms with Crippen molar-refractivity contribution in [2.75, 3.05) is 0 Å². The zero-order valence-electron chi connectivity index (χ0n) is 32.0. The molecular weight excluding hydrogens is 890 g/mol. The van der Waals surface area contributed by atoms with Gasteiger partial charge in [0.1, 0.15) is 0 Å². The smallest absolute Gasteiger partial charge is 0.283 e. The van der Waals surface area contributed by atoms with Crippen LogP contribution in [-0.4, -0.2) is 56.6 Å². The van der Waals surface area contributed by atoms with E-state index >= 15 is 0 Å². The topological polar surface area (TPSA) is 305 Å². The number of nitrogens with zero attached hydrogens (tertiary/aromatic N) is 6. The number of nitro benzene ring substituents is 6. The first kappa shape index (κ1) is 48.1. The summed E-state index contributed by atoms with van der Waals surface area (Å²) in [5.41, 5.74) is -1.15. The van der Waals surface area contributed by atoms with Crippen molar-refractivity contribution in [1.29, 1.82) is 0 Å². The second kappa shape index (κ2) is 22.1. The van der Waals surface area contributed by atoms with Gasteiger partial charge < -0.3 is 10.2 Å². The number of unbranched alkanes of at least 4 members (excludes halogenated alkanes) is 2. The van der Waals surface area contributed by atoms with Gasteiger partial charge in [-0.3, -0.25) is 60.7 Å². The van der Waals surface area contributed by atoms with Gasteiger partial charge in [0.2, 0.25) is 0 Å². The second-order valence-corrected chi connectivity index (χ2v) is 30.9. The number of benzene rings is 4. The van der Waals surface area contributed by atoms with Gasteiger partial charge in [0.05, 0.1) is 65.3 Å². The average molecular weight is 933 g/mol. The molecule has 0 N–H and O–H groups in total. The molecule has 0 aliphatic heterocycles. The van der Waals surface area contributed by atoms with Gasteiger partial charge in [0.15, 0.2) is 0 Å². The van der Waals surface area contributed by atoms with E-state index in [9.17, 15) is 70.9 Å². The van der Waals surface area contributed by atoms with Gasteiger partial charge in [-0.15, -0.1) is 0 Å². The minimum Gasteiger partial charge on any atom is -0.863 e. The first-order valence-corrected chi connectivity index (χ1v) is 28.5. The molecule has 2 atom stereocenters. The van der Waals surface area contributed by atoms with Gasteiger partial charge >= 0.3 is 168 Å². The van der Waals surface area contributed by atoms with E-state index in [-0.39, 0.29) is 0 Å². The normalized spacial score (nSPS) is 12.6. The summed E-state index contributed by atoms with van der Waals surface area (Å²) < 4.78 is 3.43. The van der Waals surface area contributed by atoms with Crippen LogP contribution in [0.4, 0.5) is 34.1 Å². The summed E-state index contributed by atoms with van der Waals surface area (Å²) in [7, 11) is 0. The third-order valence-electron chi connectivity index (χ3n) is 9.13. The molecule has 310 valence electrons. The fourth-order valence-electron chi connectivity index (χ4n) is 5.69. The number of non-ortho nitro benzene ring substituents is 2. The monoisotopic (exact) mass is 932 g/mol. The van der Waals surface area contributed by atoms with Crippen molar-refractivity contribution in [3.8, 4) is 11.5 Å². The molecule has 0 saturated carbocycles. The molecule has 0 heterocycles. The summed E-state index contributed by atoms with van der Waals surface area (Å²) in [6.07, 6.45) is 5.46. The van der Waals surface area contributed by atoms with Crippen LogP contribution >= 0.6 is 0 Å². The Morgan fingerprint density at radius 2 is 0.690 bits per heavy atom. The summed E-state index contributed by atoms with van der Waals surface area (Å²) in [6, 6.07) is 24.6. The SMILES string of the molecule is CCCC[As+](C)(CC[As+](C)(CCCC)c1ccccc1)c1ccccc1.O=[N+]([O-])c1cc([N+](=O)[O-])c([O-])c([N+](=O)[O-])c1.O=[N+]([O-])c1cc([N+](=O)[O-])c([O-])c([N+](=O)[O-])c1. The van der Waals surface area contributed by atoms with E-state index in [2.05, 4.69) is 85.9 Å². The van der Waals surface area contributed by atoms with Crippen molar-refractivity contribution in [1.82, 2.24) is 0 Å². The number of hydrogen-bond donors (Lipinski definition) is 0. The average Bonchev–Trinajstić information content (AvgIpc) is 3.19. The number of nitro groups is 6. The van der Waals surface area contributed by atoms with Gasteiger partial charge in [-0.1, -0.05) is 0 Å². The van der Waals surface area contributed by atoms with Gasteiger partial charge in [-0.25, -0.2) is 0 Å². The summed E-state index contributed by atoms with van der Waals surface area (Å²) >= 11 is -3.58. The summed E-state index contributed by atoms with van der Waals surface area (Å²) in [5.74, 6) is -2.92. The molecule has 0 fully saturated rings. The third kappa shape index (κ3) is 13.3. The molecular formula is C36H42As2N6O14. The quantitative estimate of drug-likeness (QED) is 0.0561. The van der Waals surface area contributed by atoms with E-state index in [4.69, 9.17) is 0 Å². The van der Waals surface area contributed by atoms with Crippen molar-refractivity contribution in [2.45, 2.75) is 71.8 Å². The number of hydrogen-bond acceptors (Lipinski definition) is 14. The molecule has 4 aromatic carbocycles. The van der Waals surface area contributed by atoms with Gasteiger partial charge in [-0.05, 0) is 0 Å². The van der Waals surface area contributed by atoms with Crippen molar-refractivity contribution < 1.29 is 39.8 Å². The van der Waals surface area contributed by atoms with Gasteiger partial charge in [-0.2, -0.15) is 0 Å². The van der Waals surface area contributed by atoms with Crippen molar-refractivity contribution in [2.24, 2.45) is 0 Å². The minimum absolute atomic E-state index is 0.384. The molecule has 0 bridgehead atoms. The molecule has 0 aliphatic rings.